The second kappa shape index (κ2) is 10.1. The van der Waals surface area contributed by atoms with E-state index in [2.05, 4.69) is 31.4 Å². The monoisotopic (exact) mass is 447 g/mol. The van der Waals surface area contributed by atoms with Crippen LogP contribution in [0.15, 0.2) is 33.5 Å². The minimum absolute atomic E-state index is 0.157. The first-order chi connectivity index (χ1) is 12.5. The molecule has 0 aliphatic carbocycles. The van der Waals surface area contributed by atoms with Gasteiger partial charge in [0.25, 0.3) is 0 Å². The highest BCUT2D eigenvalue weighted by molar-refractivity contribution is 9.10. The highest BCUT2D eigenvalue weighted by atomic mass is 79.9. The van der Waals surface area contributed by atoms with E-state index in [0.29, 0.717) is 37.8 Å². The molecule has 0 unspecified atom stereocenters. The molecule has 0 bridgehead atoms. The van der Waals surface area contributed by atoms with Crippen LogP contribution in [0.5, 0.6) is 0 Å². The predicted molar refractivity (Wildman–Crippen MR) is 103 cm³/mol. The molecule has 0 saturated carbocycles. The SMILES string of the molecule is CCOP(=O)(CCc1[nH]c(=O)[nH]c1NOCc1ccc(Br)cc1)OCC. The van der Waals surface area contributed by atoms with Crippen LogP contribution in [0.25, 0.3) is 0 Å². The van der Waals surface area contributed by atoms with Crippen LogP contribution in [0.2, 0.25) is 0 Å². The Labute approximate surface area is 160 Å². The Kier molecular flexibility index (Phi) is 8.12. The fraction of sp³-hybridized carbons (Fsp3) is 0.438. The van der Waals surface area contributed by atoms with Gasteiger partial charge in [0.1, 0.15) is 0 Å². The van der Waals surface area contributed by atoms with E-state index in [1.165, 1.54) is 0 Å². The molecule has 144 valence electrons. The van der Waals surface area contributed by atoms with Crippen LogP contribution in [0.3, 0.4) is 0 Å². The highest BCUT2D eigenvalue weighted by Crippen LogP contribution is 2.48. The summed E-state index contributed by atoms with van der Waals surface area (Å²) in [5.74, 6) is 0.395. The van der Waals surface area contributed by atoms with Gasteiger partial charge in [-0.3, -0.25) is 14.4 Å². The van der Waals surface area contributed by atoms with Crippen molar-refractivity contribution < 1.29 is 18.5 Å². The molecule has 0 fully saturated rings. The molecule has 3 N–H and O–H groups in total. The molecule has 0 atom stereocenters. The van der Waals surface area contributed by atoms with E-state index in [1.54, 1.807) is 13.8 Å². The van der Waals surface area contributed by atoms with Crippen LogP contribution < -0.4 is 11.2 Å². The van der Waals surface area contributed by atoms with Gasteiger partial charge in [0.05, 0.1) is 31.7 Å². The third kappa shape index (κ3) is 6.41. The van der Waals surface area contributed by atoms with Crippen molar-refractivity contribution in [1.29, 1.82) is 0 Å². The molecular weight excluding hydrogens is 425 g/mol. The van der Waals surface area contributed by atoms with Crippen molar-refractivity contribution in [3.05, 3.63) is 50.5 Å². The smallest absolute Gasteiger partial charge is 0.309 e. The largest absolute Gasteiger partial charge is 0.331 e. The number of imidazole rings is 1. The van der Waals surface area contributed by atoms with E-state index in [9.17, 15) is 9.36 Å². The topological polar surface area (TPSA) is 105 Å². The summed E-state index contributed by atoms with van der Waals surface area (Å²) in [4.78, 5) is 22.3. The Morgan fingerprint density at radius 3 is 2.38 bits per heavy atom. The first-order valence-electron chi connectivity index (χ1n) is 8.27. The Bertz CT molecular complexity index is 780. The second-order valence-corrected chi connectivity index (χ2v) is 8.47. The summed E-state index contributed by atoms with van der Waals surface area (Å²) < 4.78 is 24.0. The molecule has 0 saturated heterocycles. The van der Waals surface area contributed by atoms with Crippen molar-refractivity contribution in [2.24, 2.45) is 0 Å². The predicted octanol–water partition coefficient (Wildman–Crippen LogP) is 3.82. The van der Waals surface area contributed by atoms with Gasteiger partial charge in [0.2, 0.25) is 0 Å². The van der Waals surface area contributed by atoms with Crippen molar-refractivity contribution >= 4 is 29.3 Å². The molecule has 1 heterocycles. The van der Waals surface area contributed by atoms with E-state index >= 15 is 0 Å². The van der Waals surface area contributed by atoms with Gasteiger partial charge in [-0.05, 0) is 31.5 Å². The van der Waals surface area contributed by atoms with Crippen LogP contribution in [-0.4, -0.2) is 29.3 Å². The van der Waals surface area contributed by atoms with Crippen molar-refractivity contribution in [3.8, 4) is 0 Å². The molecule has 2 aromatic rings. The Morgan fingerprint density at radius 1 is 1.12 bits per heavy atom. The first kappa shape index (κ1) is 20.9. The van der Waals surface area contributed by atoms with Crippen LogP contribution in [0.1, 0.15) is 25.1 Å². The lowest BCUT2D eigenvalue weighted by Gasteiger charge is -2.16. The molecule has 0 aliphatic rings. The second-order valence-electron chi connectivity index (χ2n) is 5.37. The fourth-order valence-electron chi connectivity index (χ4n) is 2.28. The summed E-state index contributed by atoms with van der Waals surface area (Å²) in [6.45, 7) is 4.42. The Balaban J connectivity index is 1.95. The summed E-state index contributed by atoms with van der Waals surface area (Å²) in [6.07, 6.45) is 0.462. The molecule has 26 heavy (non-hydrogen) atoms. The van der Waals surface area contributed by atoms with Gasteiger partial charge in [-0.2, -0.15) is 0 Å². The molecule has 8 nitrogen and oxygen atoms in total. The number of halogens is 1. The summed E-state index contributed by atoms with van der Waals surface area (Å²) in [5.41, 5.74) is 3.87. The quantitative estimate of drug-likeness (QED) is 0.357. The van der Waals surface area contributed by atoms with Gasteiger partial charge in [-0.1, -0.05) is 28.1 Å². The van der Waals surface area contributed by atoms with E-state index in [0.717, 1.165) is 10.0 Å². The number of H-pyrrole nitrogens is 2. The van der Waals surface area contributed by atoms with E-state index in [1.807, 2.05) is 24.3 Å². The lowest BCUT2D eigenvalue weighted by Crippen LogP contribution is -2.07. The summed E-state index contributed by atoms with van der Waals surface area (Å²) in [6, 6.07) is 7.68. The van der Waals surface area contributed by atoms with Crippen LogP contribution in [0.4, 0.5) is 5.82 Å². The molecule has 1 aromatic heterocycles. The number of aromatic nitrogens is 2. The van der Waals surface area contributed by atoms with Crippen LogP contribution >= 0.6 is 23.5 Å². The zero-order chi connectivity index (χ0) is 19.0. The van der Waals surface area contributed by atoms with Gasteiger partial charge < -0.3 is 14.0 Å². The third-order valence-corrected chi connectivity index (χ3v) is 6.02. The number of anilines is 1. The number of hydrogen-bond donors (Lipinski definition) is 3. The average molecular weight is 448 g/mol. The number of aryl methyl sites for hydroxylation is 1. The summed E-state index contributed by atoms with van der Waals surface area (Å²) in [5, 5.41) is 0. The zero-order valence-electron chi connectivity index (χ0n) is 14.7. The van der Waals surface area contributed by atoms with Crippen molar-refractivity contribution in [3.63, 3.8) is 0 Å². The summed E-state index contributed by atoms with van der Waals surface area (Å²) in [7, 11) is -3.18. The number of aromatic amines is 2. The molecule has 0 radical (unpaired) electrons. The molecular formula is C16H23BrN3O5P. The molecule has 0 aliphatic heterocycles. The number of nitrogens with one attached hydrogen (secondary N) is 3. The maximum absolute atomic E-state index is 12.5. The lowest BCUT2D eigenvalue weighted by atomic mass is 10.2. The normalized spacial score (nSPS) is 11.7. The summed E-state index contributed by atoms with van der Waals surface area (Å²) >= 11 is 3.37. The Hall–Kier alpha value is -1.38. The molecule has 10 heteroatoms. The van der Waals surface area contributed by atoms with Gasteiger partial charge in [0, 0.05) is 10.9 Å². The van der Waals surface area contributed by atoms with Gasteiger partial charge in [-0.15, -0.1) is 0 Å². The van der Waals surface area contributed by atoms with Crippen molar-refractivity contribution in [2.75, 3.05) is 24.9 Å². The van der Waals surface area contributed by atoms with E-state index in [-0.39, 0.29) is 11.9 Å². The van der Waals surface area contributed by atoms with E-state index in [4.69, 9.17) is 13.9 Å². The van der Waals surface area contributed by atoms with Crippen molar-refractivity contribution in [1.82, 2.24) is 9.97 Å². The fourth-order valence-corrected chi connectivity index (χ4v) is 4.16. The number of rotatable bonds is 11. The zero-order valence-corrected chi connectivity index (χ0v) is 17.2. The van der Waals surface area contributed by atoms with Gasteiger partial charge in [-0.25, -0.2) is 10.3 Å². The highest BCUT2D eigenvalue weighted by Gasteiger charge is 2.24. The maximum atomic E-state index is 12.5. The first-order valence-corrected chi connectivity index (χ1v) is 10.8. The number of hydrogen-bond acceptors (Lipinski definition) is 6. The van der Waals surface area contributed by atoms with Crippen LogP contribution in [0, 0.1) is 0 Å². The third-order valence-electron chi connectivity index (χ3n) is 3.42. The average Bonchev–Trinajstić information content (AvgIpc) is 2.95. The molecule has 0 amide bonds. The molecule has 2 rings (SSSR count). The molecule has 1 aromatic carbocycles. The lowest BCUT2D eigenvalue weighted by molar-refractivity contribution is 0.178. The Morgan fingerprint density at radius 2 is 1.77 bits per heavy atom. The standard InChI is InChI=1S/C16H23BrN3O5P/c1-3-24-26(22,25-4-2)10-9-14-15(19-16(21)18-14)20-23-11-12-5-7-13(17)8-6-12/h5-8,20H,3-4,9-11H2,1-2H3,(H2,18,19,21). The van der Waals surface area contributed by atoms with Crippen LogP contribution in [-0.2, 0) is 31.5 Å². The number of benzene rings is 1. The van der Waals surface area contributed by atoms with Crippen molar-refractivity contribution in [2.45, 2.75) is 26.9 Å². The minimum atomic E-state index is -3.18. The maximum Gasteiger partial charge on any atom is 0.331 e. The van der Waals surface area contributed by atoms with Gasteiger partial charge >= 0.3 is 13.3 Å². The van der Waals surface area contributed by atoms with Gasteiger partial charge in [0.15, 0.2) is 5.82 Å². The minimum Gasteiger partial charge on any atom is -0.309 e. The van der Waals surface area contributed by atoms with E-state index < -0.39 is 7.60 Å². The molecule has 0 spiro atoms.